The molecule has 0 heterocycles. The largest absolute Gasteiger partial charge is 0.756 e. The maximum atomic E-state index is 10.5. The zero-order chi connectivity index (χ0) is 12.3. The first-order chi connectivity index (χ1) is 6.51. The first kappa shape index (κ1) is 14.7. The van der Waals surface area contributed by atoms with Gasteiger partial charge in [-0.2, -0.15) is 0 Å². The van der Waals surface area contributed by atoms with Gasteiger partial charge in [0, 0.05) is 0 Å². The average Bonchev–Trinajstić information content (AvgIpc) is 1.95. The molecule has 0 saturated carbocycles. The van der Waals surface area contributed by atoms with Crippen molar-refractivity contribution in [2.24, 2.45) is 0 Å². The van der Waals surface area contributed by atoms with Crippen LogP contribution in [0, 0.1) is 0 Å². The fourth-order valence-corrected chi connectivity index (χ4v) is 1.09. The Morgan fingerprint density at radius 2 is 1.73 bits per heavy atom. The number of hydrogen-bond donors (Lipinski definition) is 3. The average molecular weight is 264 g/mol. The SMILES string of the molecule is O=C(OP(=O)([O-])O)[C@@H](O)COP(=O)([O-])O. The van der Waals surface area contributed by atoms with Gasteiger partial charge in [0.05, 0.1) is 6.61 Å². The van der Waals surface area contributed by atoms with Gasteiger partial charge < -0.3 is 33.7 Å². The monoisotopic (exact) mass is 264 g/mol. The van der Waals surface area contributed by atoms with Crippen LogP contribution in [-0.4, -0.2) is 33.6 Å². The van der Waals surface area contributed by atoms with Crippen LogP contribution in [0.1, 0.15) is 0 Å². The number of aliphatic hydroxyl groups excluding tert-OH is 1. The highest BCUT2D eigenvalue weighted by Gasteiger charge is 2.22. The van der Waals surface area contributed by atoms with E-state index in [-0.39, 0.29) is 0 Å². The molecular weight excluding hydrogens is 258 g/mol. The molecule has 0 radical (unpaired) electrons. The van der Waals surface area contributed by atoms with Crippen molar-refractivity contribution in [1.29, 1.82) is 0 Å². The number of aliphatic hydroxyl groups is 1. The lowest BCUT2D eigenvalue weighted by Gasteiger charge is -2.20. The Labute approximate surface area is 82.9 Å². The third-order valence-corrected chi connectivity index (χ3v) is 1.76. The van der Waals surface area contributed by atoms with Crippen molar-refractivity contribution in [3.8, 4) is 0 Å². The minimum atomic E-state index is -5.36. The first-order valence-electron chi connectivity index (χ1n) is 3.15. The molecule has 0 saturated heterocycles. The maximum Gasteiger partial charge on any atom is 0.343 e. The number of rotatable bonds is 5. The smallest absolute Gasteiger partial charge is 0.343 e. The maximum absolute atomic E-state index is 10.5. The van der Waals surface area contributed by atoms with Crippen LogP contribution in [0.25, 0.3) is 0 Å². The van der Waals surface area contributed by atoms with Crippen LogP contribution >= 0.6 is 15.6 Å². The number of phosphoric acid groups is 2. The highest BCUT2D eigenvalue weighted by Crippen LogP contribution is 2.32. The summed E-state index contributed by atoms with van der Waals surface area (Å²) in [5, 5.41) is 8.70. The molecule has 0 aliphatic rings. The van der Waals surface area contributed by atoms with Gasteiger partial charge in [0.15, 0.2) is 6.10 Å². The fourth-order valence-electron chi connectivity index (χ4n) is 0.407. The van der Waals surface area contributed by atoms with Crippen LogP contribution in [0.3, 0.4) is 0 Å². The molecule has 0 aliphatic carbocycles. The van der Waals surface area contributed by atoms with Crippen molar-refractivity contribution in [2.75, 3.05) is 6.61 Å². The van der Waals surface area contributed by atoms with Gasteiger partial charge in [-0.15, -0.1) is 0 Å². The fraction of sp³-hybridized carbons (Fsp3) is 0.667. The molecule has 3 N–H and O–H groups in total. The minimum Gasteiger partial charge on any atom is -0.756 e. The van der Waals surface area contributed by atoms with E-state index in [0.29, 0.717) is 0 Å². The standard InChI is InChI=1S/C3H8O10P2/c4-2(1-12-14(6,7)8)3(5)13-15(9,10)11/h2,4H,1H2,(H2,6,7,8)(H2,9,10,11)/p-2/t2-/m0/s1. The van der Waals surface area contributed by atoms with Crippen LogP contribution in [0.15, 0.2) is 0 Å². The Balaban J connectivity index is 4.12. The molecule has 12 heteroatoms. The summed E-state index contributed by atoms with van der Waals surface area (Å²) in [4.78, 5) is 46.5. The van der Waals surface area contributed by atoms with E-state index < -0.39 is 34.3 Å². The second-order valence-electron chi connectivity index (χ2n) is 2.16. The molecule has 0 aliphatic heterocycles. The minimum absolute atomic E-state index is 1.24. The number of hydrogen-bond acceptors (Lipinski definition) is 8. The number of carbonyl (C=O) groups excluding carboxylic acids is 1. The van der Waals surface area contributed by atoms with Crippen molar-refractivity contribution in [2.45, 2.75) is 6.10 Å². The molecule has 15 heavy (non-hydrogen) atoms. The van der Waals surface area contributed by atoms with Crippen LogP contribution in [0.2, 0.25) is 0 Å². The Hall–Kier alpha value is -0.310. The molecule has 0 aromatic rings. The van der Waals surface area contributed by atoms with E-state index in [2.05, 4.69) is 9.05 Å². The third kappa shape index (κ3) is 8.67. The molecule has 2 unspecified atom stereocenters. The highest BCUT2D eigenvalue weighted by atomic mass is 31.2. The summed E-state index contributed by atoms with van der Waals surface area (Å²) >= 11 is 0. The molecule has 0 fully saturated rings. The molecule has 3 atom stereocenters. The quantitative estimate of drug-likeness (QED) is 0.429. The second kappa shape index (κ2) is 5.15. The van der Waals surface area contributed by atoms with E-state index in [1.807, 2.05) is 0 Å². The summed E-state index contributed by atoms with van der Waals surface area (Å²) < 4.78 is 26.8. The summed E-state index contributed by atoms with van der Waals surface area (Å²) in [6.07, 6.45) is -2.28. The number of phosphoric ester groups is 2. The lowest BCUT2D eigenvalue weighted by Crippen LogP contribution is -2.28. The van der Waals surface area contributed by atoms with Gasteiger partial charge in [-0.25, -0.2) is 4.79 Å². The third-order valence-electron chi connectivity index (χ3n) is 0.873. The van der Waals surface area contributed by atoms with E-state index >= 15 is 0 Å². The molecular formula is C3H6O10P2-2. The molecule has 10 nitrogen and oxygen atoms in total. The zero-order valence-corrected chi connectivity index (χ0v) is 8.67. The molecule has 0 aromatic carbocycles. The Kier molecular flexibility index (Phi) is 5.04. The molecule has 0 aromatic heterocycles. The van der Waals surface area contributed by atoms with E-state index in [0.717, 1.165) is 0 Å². The van der Waals surface area contributed by atoms with Gasteiger partial charge in [-0.05, 0) is 0 Å². The van der Waals surface area contributed by atoms with Crippen molar-refractivity contribution < 1.29 is 47.7 Å². The van der Waals surface area contributed by atoms with E-state index in [1.54, 1.807) is 0 Å². The van der Waals surface area contributed by atoms with Gasteiger partial charge >= 0.3 is 13.8 Å². The van der Waals surface area contributed by atoms with Crippen LogP contribution in [-0.2, 0) is 23.0 Å². The molecule has 0 bridgehead atoms. The van der Waals surface area contributed by atoms with Gasteiger partial charge in [-0.1, -0.05) is 0 Å². The summed E-state index contributed by atoms with van der Waals surface area (Å²) in [5.74, 6) is -1.84. The topological polar surface area (TPSA) is 176 Å². The predicted octanol–water partition coefficient (Wildman–Crippen LogP) is -3.17. The first-order valence-corrected chi connectivity index (χ1v) is 6.14. The Morgan fingerprint density at radius 3 is 2.07 bits per heavy atom. The Morgan fingerprint density at radius 1 is 1.27 bits per heavy atom. The van der Waals surface area contributed by atoms with Gasteiger partial charge in [-0.3, -0.25) is 9.13 Å². The van der Waals surface area contributed by atoms with Gasteiger partial charge in [0.25, 0.3) is 7.82 Å². The van der Waals surface area contributed by atoms with Crippen LogP contribution < -0.4 is 9.79 Å². The molecule has 0 rings (SSSR count). The molecule has 0 amide bonds. The molecule has 0 spiro atoms. The lowest BCUT2D eigenvalue weighted by atomic mass is 10.4. The van der Waals surface area contributed by atoms with Gasteiger partial charge in [0.1, 0.15) is 0 Å². The summed E-state index contributed by atoms with van der Waals surface area (Å²) in [5.41, 5.74) is 0. The zero-order valence-electron chi connectivity index (χ0n) is 6.88. The summed E-state index contributed by atoms with van der Waals surface area (Å²) in [7, 11) is -10.5. The van der Waals surface area contributed by atoms with Crippen molar-refractivity contribution in [3.05, 3.63) is 0 Å². The summed E-state index contributed by atoms with van der Waals surface area (Å²) in [6.45, 7) is -1.24. The van der Waals surface area contributed by atoms with E-state index in [1.165, 1.54) is 0 Å². The van der Waals surface area contributed by atoms with E-state index in [9.17, 15) is 23.7 Å². The lowest BCUT2D eigenvalue weighted by molar-refractivity contribution is -0.223. The predicted molar refractivity (Wildman–Crippen MR) is 37.7 cm³/mol. The van der Waals surface area contributed by atoms with Crippen LogP contribution in [0.4, 0.5) is 0 Å². The summed E-state index contributed by atoms with van der Waals surface area (Å²) in [6, 6.07) is 0. The number of carbonyl (C=O) groups is 1. The van der Waals surface area contributed by atoms with Crippen molar-refractivity contribution >= 4 is 21.6 Å². The second-order valence-corrected chi connectivity index (χ2v) is 4.47. The molecule has 90 valence electrons. The Bertz CT molecular complexity index is 311. The van der Waals surface area contributed by atoms with Crippen molar-refractivity contribution in [3.63, 3.8) is 0 Å². The van der Waals surface area contributed by atoms with Gasteiger partial charge in [0.2, 0.25) is 0 Å². The highest BCUT2D eigenvalue weighted by molar-refractivity contribution is 7.45. The van der Waals surface area contributed by atoms with Crippen LogP contribution in [0.5, 0.6) is 0 Å². The van der Waals surface area contributed by atoms with Crippen molar-refractivity contribution in [1.82, 2.24) is 0 Å². The van der Waals surface area contributed by atoms with E-state index in [4.69, 9.17) is 14.9 Å². The normalized spacial score (nSPS) is 21.1.